The van der Waals surface area contributed by atoms with Crippen LogP contribution < -0.4 is 0 Å². The number of aliphatic carboxylic acids is 1. The number of carbonyl (C=O) groups is 1. The molecule has 6 heteroatoms. The molecule has 6 nitrogen and oxygen atoms in total. The van der Waals surface area contributed by atoms with Gasteiger partial charge in [-0.2, -0.15) is 0 Å². The first kappa shape index (κ1) is 16.7. The van der Waals surface area contributed by atoms with Gasteiger partial charge in [0.25, 0.3) is 0 Å². The molecule has 0 spiro atoms. The summed E-state index contributed by atoms with van der Waals surface area (Å²) in [5.74, 6) is -0.949. The molecule has 0 aliphatic carbocycles. The van der Waals surface area contributed by atoms with E-state index < -0.39 is 5.97 Å². The number of hydrogen-bond donors (Lipinski definition) is 2. The van der Waals surface area contributed by atoms with Crippen LogP contribution in [-0.4, -0.2) is 31.2 Å². The third kappa shape index (κ3) is 3.38. The van der Waals surface area contributed by atoms with Gasteiger partial charge in [-0.25, -0.2) is 4.79 Å². The minimum atomic E-state index is -1.03. The number of aromatic nitrogens is 3. The van der Waals surface area contributed by atoms with Crippen molar-refractivity contribution in [3.8, 4) is 11.4 Å². The Morgan fingerprint density at radius 1 is 1.12 bits per heavy atom. The van der Waals surface area contributed by atoms with Gasteiger partial charge in [0.05, 0.1) is 0 Å². The van der Waals surface area contributed by atoms with Crippen LogP contribution in [0.4, 0.5) is 0 Å². The Morgan fingerprint density at radius 3 is 2.24 bits per heavy atom. The molecule has 2 aromatic carbocycles. The first-order valence-electron chi connectivity index (χ1n) is 7.86. The molecule has 0 saturated heterocycles. The highest BCUT2D eigenvalue weighted by atomic mass is 16.4. The lowest BCUT2D eigenvalue weighted by molar-refractivity contribution is -0.131. The van der Waals surface area contributed by atoms with Crippen LogP contribution in [0.2, 0.25) is 0 Å². The fraction of sp³-hybridized carbons (Fsp3) is 0.211. The smallest absolute Gasteiger partial charge is 0.328 e. The summed E-state index contributed by atoms with van der Waals surface area (Å²) >= 11 is 0. The van der Waals surface area contributed by atoms with Gasteiger partial charge < -0.3 is 10.2 Å². The molecule has 0 unspecified atom stereocenters. The van der Waals surface area contributed by atoms with E-state index in [2.05, 4.69) is 10.2 Å². The monoisotopic (exact) mass is 337 g/mol. The molecule has 0 aliphatic rings. The highest BCUT2D eigenvalue weighted by Crippen LogP contribution is 2.36. The molecule has 128 valence electrons. The molecule has 0 amide bonds. The fourth-order valence-electron chi connectivity index (χ4n) is 2.60. The molecule has 0 fully saturated rings. The van der Waals surface area contributed by atoms with Gasteiger partial charge in [-0.1, -0.05) is 32.9 Å². The Hall–Kier alpha value is -3.15. The number of phenols is 1. The van der Waals surface area contributed by atoms with Gasteiger partial charge in [0.15, 0.2) is 0 Å². The summed E-state index contributed by atoms with van der Waals surface area (Å²) in [5, 5.41) is 28.5. The minimum absolute atomic E-state index is 0.0836. The highest BCUT2D eigenvalue weighted by molar-refractivity contribution is 5.85. The van der Waals surface area contributed by atoms with Gasteiger partial charge in [-0.3, -0.25) is 0 Å². The Labute approximate surface area is 145 Å². The average molecular weight is 337 g/mol. The molecule has 25 heavy (non-hydrogen) atoms. The van der Waals surface area contributed by atoms with Crippen molar-refractivity contribution in [2.24, 2.45) is 0 Å². The quantitative estimate of drug-likeness (QED) is 0.714. The normalized spacial score (nSPS) is 12.1. The summed E-state index contributed by atoms with van der Waals surface area (Å²) < 4.78 is 0. The van der Waals surface area contributed by atoms with Crippen LogP contribution in [0.15, 0.2) is 42.5 Å². The van der Waals surface area contributed by atoms with Crippen LogP contribution in [0.1, 0.15) is 31.9 Å². The second-order valence-electron chi connectivity index (χ2n) is 6.84. The Bertz CT molecular complexity index is 948. The van der Waals surface area contributed by atoms with Crippen LogP contribution in [0.5, 0.6) is 5.75 Å². The summed E-state index contributed by atoms with van der Waals surface area (Å²) in [6.07, 6.45) is 2.55. The Morgan fingerprint density at radius 2 is 1.72 bits per heavy atom. The van der Waals surface area contributed by atoms with Gasteiger partial charge in [0, 0.05) is 11.6 Å². The molecule has 3 rings (SSSR count). The predicted octanol–water partition coefficient (Wildman–Crippen LogP) is 3.52. The number of benzene rings is 2. The van der Waals surface area contributed by atoms with Crippen LogP contribution in [0, 0.1) is 0 Å². The summed E-state index contributed by atoms with van der Waals surface area (Å²) in [6, 6.07) is 10.9. The van der Waals surface area contributed by atoms with Crippen molar-refractivity contribution in [2.75, 3.05) is 0 Å². The number of fused-ring (bicyclic) bond motifs is 1. The van der Waals surface area contributed by atoms with E-state index in [1.807, 2.05) is 45.0 Å². The predicted molar refractivity (Wildman–Crippen MR) is 95.9 cm³/mol. The van der Waals surface area contributed by atoms with Gasteiger partial charge in [0.2, 0.25) is 0 Å². The zero-order valence-electron chi connectivity index (χ0n) is 14.3. The van der Waals surface area contributed by atoms with Crippen LogP contribution in [0.25, 0.3) is 22.8 Å². The lowest BCUT2D eigenvalue weighted by Gasteiger charge is -2.22. The highest BCUT2D eigenvalue weighted by Gasteiger charge is 2.22. The molecule has 0 saturated carbocycles. The van der Waals surface area contributed by atoms with Crippen molar-refractivity contribution in [3.63, 3.8) is 0 Å². The van der Waals surface area contributed by atoms with Crippen molar-refractivity contribution in [3.05, 3.63) is 53.6 Å². The standard InChI is InChI=1S/C19H19N3O3/c1-19(2,3)13-10-12(8-9-17(23)24)11-16(18(13)25)22-20-14-6-4-5-7-15(14)21-22/h4-11,25H,1-3H3,(H,23,24). The maximum atomic E-state index is 10.8. The fourth-order valence-corrected chi connectivity index (χ4v) is 2.60. The molecule has 0 bridgehead atoms. The van der Waals surface area contributed by atoms with Gasteiger partial charge in [0.1, 0.15) is 22.5 Å². The molecule has 1 heterocycles. The maximum Gasteiger partial charge on any atom is 0.328 e. The van der Waals surface area contributed by atoms with E-state index in [-0.39, 0.29) is 11.2 Å². The van der Waals surface area contributed by atoms with E-state index in [1.165, 1.54) is 10.9 Å². The van der Waals surface area contributed by atoms with Crippen molar-refractivity contribution in [2.45, 2.75) is 26.2 Å². The molecule has 3 aromatic rings. The number of hydrogen-bond acceptors (Lipinski definition) is 4. The van der Waals surface area contributed by atoms with E-state index in [0.717, 1.165) is 6.08 Å². The van der Waals surface area contributed by atoms with E-state index >= 15 is 0 Å². The molecular weight excluding hydrogens is 318 g/mol. The SMILES string of the molecule is CC(C)(C)c1cc(C=CC(=O)O)cc(-n2nc3ccccc3n2)c1O. The second-order valence-corrected chi connectivity index (χ2v) is 6.84. The van der Waals surface area contributed by atoms with E-state index in [1.54, 1.807) is 12.1 Å². The molecule has 0 aliphatic heterocycles. The maximum absolute atomic E-state index is 10.8. The van der Waals surface area contributed by atoms with Gasteiger partial charge in [-0.05, 0) is 41.3 Å². The van der Waals surface area contributed by atoms with E-state index in [9.17, 15) is 9.90 Å². The zero-order valence-corrected chi connectivity index (χ0v) is 14.3. The number of carboxylic acid groups (broad SMARTS) is 1. The first-order chi connectivity index (χ1) is 11.8. The summed E-state index contributed by atoms with van der Waals surface area (Å²) in [5.41, 5.74) is 2.85. The zero-order chi connectivity index (χ0) is 18.2. The number of aromatic hydroxyl groups is 1. The molecule has 1 aromatic heterocycles. The summed E-state index contributed by atoms with van der Waals surface area (Å²) in [4.78, 5) is 12.2. The third-order valence-electron chi connectivity index (χ3n) is 3.84. The second kappa shape index (κ2) is 6.05. The number of nitrogens with zero attached hydrogens (tertiary/aromatic N) is 3. The third-order valence-corrected chi connectivity index (χ3v) is 3.84. The molecule has 0 radical (unpaired) electrons. The molecule has 0 atom stereocenters. The van der Waals surface area contributed by atoms with Crippen LogP contribution in [0.3, 0.4) is 0 Å². The van der Waals surface area contributed by atoms with Crippen LogP contribution in [-0.2, 0) is 10.2 Å². The van der Waals surface area contributed by atoms with E-state index in [0.29, 0.717) is 27.8 Å². The average Bonchev–Trinajstić information content (AvgIpc) is 2.96. The van der Waals surface area contributed by atoms with Crippen molar-refractivity contribution in [1.29, 1.82) is 0 Å². The number of carboxylic acids is 1. The number of phenolic OH excluding ortho intramolecular Hbond substituents is 1. The largest absolute Gasteiger partial charge is 0.505 e. The van der Waals surface area contributed by atoms with Crippen LogP contribution >= 0.6 is 0 Å². The van der Waals surface area contributed by atoms with Crippen molar-refractivity contribution >= 4 is 23.1 Å². The van der Waals surface area contributed by atoms with Gasteiger partial charge >= 0.3 is 5.97 Å². The first-order valence-corrected chi connectivity index (χ1v) is 7.86. The Balaban J connectivity index is 2.23. The van der Waals surface area contributed by atoms with Crippen molar-refractivity contribution in [1.82, 2.24) is 15.0 Å². The van der Waals surface area contributed by atoms with Crippen molar-refractivity contribution < 1.29 is 15.0 Å². The number of rotatable bonds is 3. The summed E-state index contributed by atoms with van der Waals surface area (Å²) in [6.45, 7) is 5.93. The lowest BCUT2D eigenvalue weighted by atomic mass is 9.85. The minimum Gasteiger partial charge on any atom is -0.505 e. The van der Waals surface area contributed by atoms with Gasteiger partial charge in [-0.15, -0.1) is 15.0 Å². The topological polar surface area (TPSA) is 88.2 Å². The summed E-state index contributed by atoms with van der Waals surface area (Å²) in [7, 11) is 0. The van der Waals surface area contributed by atoms with E-state index in [4.69, 9.17) is 5.11 Å². The lowest BCUT2D eigenvalue weighted by Crippen LogP contribution is -2.13. The molecular formula is C19H19N3O3. The molecule has 2 N–H and O–H groups in total. The Kier molecular flexibility index (Phi) is 4.04.